The van der Waals surface area contributed by atoms with Crippen molar-refractivity contribution in [2.24, 2.45) is 23.7 Å². The van der Waals surface area contributed by atoms with Crippen LogP contribution in [-0.4, -0.2) is 12.1 Å². The molecule has 1 rings (SSSR count). The zero-order chi connectivity index (χ0) is 13.0. The summed E-state index contributed by atoms with van der Waals surface area (Å²) in [5.41, 5.74) is 0. The standard InChI is InChI=1S/C15H28O2/c1-10(2)8-15(16)17-14-9-12(5)6-7-13(14)11(3)4/h10-14H,6-9H2,1-5H3/t12-,13-,14+/m1/s1. The second kappa shape index (κ2) is 6.42. The van der Waals surface area contributed by atoms with E-state index in [0.29, 0.717) is 30.1 Å². The monoisotopic (exact) mass is 240 g/mol. The summed E-state index contributed by atoms with van der Waals surface area (Å²) in [6.45, 7) is 10.9. The first-order chi connectivity index (χ1) is 7.90. The molecule has 3 atom stereocenters. The van der Waals surface area contributed by atoms with Gasteiger partial charge in [-0.2, -0.15) is 0 Å². The van der Waals surface area contributed by atoms with Gasteiger partial charge in [-0.15, -0.1) is 0 Å². The Bertz CT molecular complexity index is 245. The zero-order valence-corrected chi connectivity index (χ0v) is 12.0. The third-order valence-corrected chi connectivity index (χ3v) is 3.82. The van der Waals surface area contributed by atoms with Gasteiger partial charge in [-0.05, 0) is 36.5 Å². The van der Waals surface area contributed by atoms with E-state index in [1.54, 1.807) is 0 Å². The first-order valence-corrected chi connectivity index (χ1v) is 7.09. The second-order valence-electron chi connectivity index (χ2n) is 6.45. The number of esters is 1. The van der Waals surface area contributed by atoms with Crippen molar-refractivity contribution in [2.75, 3.05) is 0 Å². The van der Waals surface area contributed by atoms with E-state index < -0.39 is 0 Å². The highest BCUT2D eigenvalue weighted by Gasteiger charge is 2.33. The van der Waals surface area contributed by atoms with E-state index >= 15 is 0 Å². The molecule has 0 unspecified atom stereocenters. The first kappa shape index (κ1) is 14.5. The lowest BCUT2D eigenvalue weighted by Gasteiger charge is -2.36. The summed E-state index contributed by atoms with van der Waals surface area (Å²) in [7, 11) is 0. The molecule has 1 aliphatic carbocycles. The van der Waals surface area contributed by atoms with Crippen LogP contribution in [0.25, 0.3) is 0 Å². The maximum atomic E-state index is 11.8. The lowest BCUT2D eigenvalue weighted by atomic mass is 9.75. The Hall–Kier alpha value is -0.530. The van der Waals surface area contributed by atoms with Crippen molar-refractivity contribution in [1.29, 1.82) is 0 Å². The third kappa shape index (κ3) is 4.69. The highest BCUT2D eigenvalue weighted by Crippen LogP contribution is 2.35. The smallest absolute Gasteiger partial charge is 0.306 e. The van der Waals surface area contributed by atoms with Crippen molar-refractivity contribution in [1.82, 2.24) is 0 Å². The summed E-state index contributed by atoms with van der Waals surface area (Å²) in [5.74, 6) is 2.24. The minimum atomic E-state index is -0.00949. The summed E-state index contributed by atoms with van der Waals surface area (Å²) < 4.78 is 5.71. The van der Waals surface area contributed by atoms with Gasteiger partial charge in [-0.1, -0.05) is 41.0 Å². The molecule has 0 aromatic carbocycles. The van der Waals surface area contributed by atoms with Crippen molar-refractivity contribution in [3.8, 4) is 0 Å². The average Bonchev–Trinajstić information content (AvgIpc) is 2.15. The average molecular weight is 240 g/mol. The van der Waals surface area contributed by atoms with E-state index in [9.17, 15) is 4.79 Å². The molecule has 0 N–H and O–H groups in total. The Morgan fingerprint density at radius 2 is 1.88 bits per heavy atom. The molecule has 1 fully saturated rings. The molecule has 17 heavy (non-hydrogen) atoms. The van der Waals surface area contributed by atoms with E-state index in [4.69, 9.17) is 4.74 Å². The Labute approximate surface area is 106 Å². The van der Waals surface area contributed by atoms with Gasteiger partial charge in [0.1, 0.15) is 6.10 Å². The van der Waals surface area contributed by atoms with Crippen LogP contribution in [0, 0.1) is 23.7 Å². The topological polar surface area (TPSA) is 26.3 Å². The molecular formula is C15H28O2. The van der Waals surface area contributed by atoms with Gasteiger partial charge in [-0.3, -0.25) is 4.79 Å². The van der Waals surface area contributed by atoms with Gasteiger partial charge in [0.15, 0.2) is 0 Å². The molecule has 0 aromatic rings. The van der Waals surface area contributed by atoms with Crippen LogP contribution in [0.1, 0.15) is 60.3 Å². The number of hydrogen-bond donors (Lipinski definition) is 0. The molecule has 100 valence electrons. The van der Waals surface area contributed by atoms with Gasteiger partial charge in [0.05, 0.1) is 0 Å². The molecule has 0 radical (unpaired) electrons. The molecule has 1 saturated carbocycles. The highest BCUT2D eigenvalue weighted by atomic mass is 16.5. The largest absolute Gasteiger partial charge is 0.462 e. The lowest BCUT2D eigenvalue weighted by molar-refractivity contribution is -0.156. The molecule has 0 bridgehead atoms. The zero-order valence-electron chi connectivity index (χ0n) is 12.0. The van der Waals surface area contributed by atoms with Crippen LogP contribution in [0.5, 0.6) is 0 Å². The summed E-state index contributed by atoms with van der Waals surface area (Å²) >= 11 is 0. The number of rotatable bonds is 4. The Balaban J connectivity index is 2.54. The van der Waals surface area contributed by atoms with Crippen LogP contribution in [0.2, 0.25) is 0 Å². The van der Waals surface area contributed by atoms with E-state index in [1.807, 2.05) is 0 Å². The van der Waals surface area contributed by atoms with E-state index in [1.165, 1.54) is 12.8 Å². The maximum Gasteiger partial charge on any atom is 0.306 e. The Kier molecular flexibility index (Phi) is 5.48. The van der Waals surface area contributed by atoms with Crippen molar-refractivity contribution >= 4 is 5.97 Å². The fourth-order valence-corrected chi connectivity index (χ4v) is 2.80. The van der Waals surface area contributed by atoms with Crippen LogP contribution in [-0.2, 0) is 9.53 Å². The van der Waals surface area contributed by atoms with Gasteiger partial charge in [0.2, 0.25) is 0 Å². The quantitative estimate of drug-likeness (QED) is 0.693. The molecule has 1 aliphatic rings. The van der Waals surface area contributed by atoms with Crippen LogP contribution in [0.4, 0.5) is 0 Å². The number of carbonyl (C=O) groups is 1. The van der Waals surface area contributed by atoms with E-state index in [0.717, 1.165) is 6.42 Å². The van der Waals surface area contributed by atoms with Crippen LogP contribution < -0.4 is 0 Å². The summed E-state index contributed by atoms with van der Waals surface area (Å²) in [4.78, 5) is 11.8. The fraction of sp³-hybridized carbons (Fsp3) is 0.933. The molecule has 0 aromatic heterocycles. The first-order valence-electron chi connectivity index (χ1n) is 7.09. The predicted molar refractivity (Wildman–Crippen MR) is 70.7 cm³/mol. The predicted octanol–water partition coefficient (Wildman–Crippen LogP) is 4.04. The molecule has 0 saturated heterocycles. The van der Waals surface area contributed by atoms with Crippen LogP contribution in [0.15, 0.2) is 0 Å². The Morgan fingerprint density at radius 1 is 1.24 bits per heavy atom. The summed E-state index contributed by atoms with van der Waals surface area (Å²) in [6.07, 6.45) is 4.24. The molecule has 2 nitrogen and oxygen atoms in total. The molecule has 0 spiro atoms. The molecular weight excluding hydrogens is 212 g/mol. The van der Waals surface area contributed by atoms with Crippen molar-refractivity contribution in [3.63, 3.8) is 0 Å². The van der Waals surface area contributed by atoms with E-state index in [2.05, 4.69) is 34.6 Å². The summed E-state index contributed by atoms with van der Waals surface area (Å²) in [6, 6.07) is 0. The normalized spacial score (nSPS) is 29.7. The van der Waals surface area contributed by atoms with Gasteiger partial charge < -0.3 is 4.74 Å². The van der Waals surface area contributed by atoms with Gasteiger partial charge in [0, 0.05) is 6.42 Å². The van der Waals surface area contributed by atoms with Gasteiger partial charge in [0.25, 0.3) is 0 Å². The third-order valence-electron chi connectivity index (χ3n) is 3.82. The number of carbonyl (C=O) groups excluding carboxylic acids is 1. The SMILES string of the molecule is CC(C)CC(=O)O[C@H]1C[C@H](C)CC[C@@H]1C(C)C. The van der Waals surface area contributed by atoms with E-state index in [-0.39, 0.29) is 12.1 Å². The fourth-order valence-electron chi connectivity index (χ4n) is 2.80. The Morgan fingerprint density at radius 3 is 2.41 bits per heavy atom. The van der Waals surface area contributed by atoms with Crippen LogP contribution in [0.3, 0.4) is 0 Å². The minimum Gasteiger partial charge on any atom is -0.462 e. The molecule has 0 aliphatic heterocycles. The van der Waals surface area contributed by atoms with Crippen molar-refractivity contribution in [2.45, 2.75) is 66.4 Å². The maximum absolute atomic E-state index is 11.8. The molecule has 0 amide bonds. The van der Waals surface area contributed by atoms with Gasteiger partial charge >= 0.3 is 5.97 Å². The van der Waals surface area contributed by atoms with Crippen molar-refractivity contribution in [3.05, 3.63) is 0 Å². The summed E-state index contributed by atoms with van der Waals surface area (Å²) in [5, 5.41) is 0. The minimum absolute atomic E-state index is 0.00949. The lowest BCUT2D eigenvalue weighted by Crippen LogP contribution is -2.36. The number of ether oxygens (including phenoxy) is 1. The van der Waals surface area contributed by atoms with Crippen LogP contribution >= 0.6 is 0 Å². The number of hydrogen-bond acceptors (Lipinski definition) is 2. The molecule has 2 heteroatoms. The molecule has 0 heterocycles. The van der Waals surface area contributed by atoms with Gasteiger partial charge in [-0.25, -0.2) is 0 Å². The van der Waals surface area contributed by atoms with Crippen molar-refractivity contribution < 1.29 is 9.53 Å². The highest BCUT2D eigenvalue weighted by molar-refractivity contribution is 5.69. The second-order valence-corrected chi connectivity index (χ2v) is 6.45.